The molecule has 0 spiro atoms. The number of rotatable bonds is 5. The molecule has 1 atom stereocenters. The molecule has 1 heterocycles. The molecule has 0 saturated heterocycles. The van der Waals surface area contributed by atoms with Crippen LogP contribution in [0.3, 0.4) is 0 Å². The largest absolute Gasteiger partial charge is 0.266 e. The van der Waals surface area contributed by atoms with E-state index in [-0.39, 0.29) is 9.92 Å². The summed E-state index contributed by atoms with van der Waals surface area (Å²) in [6, 6.07) is 6.90. The van der Waals surface area contributed by atoms with Gasteiger partial charge < -0.3 is 0 Å². The van der Waals surface area contributed by atoms with Crippen molar-refractivity contribution < 1.29 is 16.8 Å². The molecule has 1 aromatic carbocycles. The summed E-state index contributed by atoms with van der Waals surface area (Å²) in [4.78, 5) is 0.190. The molecule has 0 aliphatic carbocycles. The monoisotopic (exact) mass is 329 g/mol. The first-order valence-corrected chi connectivity index (χ1v) is 9.39. The average molecular weight is 329 g/mol. The molecule has 0 amide bonds. The van der Waals surface area contributed by atoms with Crippen molar-refractivity contribution in [1.29, 1.82) is 0 Å². The fourth-order valence-electron chi connectivity index (χ4n) is 1.76. The van der Waals surface area contributed by atoms with Crippen LogP contribution in [0.2, 0.25) is 0 Å². The maximum Gasteiger partial charge on any atom is 0.258 e. The second-order valence-corrected chi connectivity index (χ2v) is 8.30. The Hall–Kier alpha value is -1.71. The number of aromatic nitrogens is 2. The Morgan fingerprint density at radius 1 is 1.10 bits per heavy atom. The van der Waals surface area contributed by atoms with Crippen molar-refractivity contribution in [2.75, 3.05) is 6.26 Å². The minimum absolute atomic E-state index is 0.0258. The van der Waals surface area contributed by atoms with Crippen LogP contribution in [0.5, 0.6) is 0 Å². The van der Waals surface area contributed by atoms with Gasteiger partial charge in [-0.1, -0.05) is 12.1 Å². The smallest absolute Gasteiger partial charge is 0.258 e. The third-order valence-electron chi connectivity index (χ3n) is 2.90. The summed E-state index contributed by atoms with van der Waals surface area (Å²) >= 11 is 0. The van der Waals surface area contributed by atoms with Crippen LogP contribution in [0.4, 0.5) is 0 Å². The number of nitrogens with zero attached hydrogens (tertiary/aromatic N) is 1. The molecule has 0 aliphatic rings. The SMILES string of the molecule is CC(NS(=O)(=O)c1ccn[nH]1)c1ccc(S(C)(=O)=O)cc1. The number of H-pyrrole nitrogens is 1. The van der Waals surface area contributed by atoms with Crippen LogP contribution < -0.4 is 4.72 Å². The summed E-state index contributed by atoms with van der Waals surface area (Å²) in [6.45, 7) is 1.67. The minimum Gasteiger partial charge on any atom is -0.266 e. The van der Waals surface area contributed by atoms with Gasteiger partial charge in [-0.15, -0.1) is 0 Å². The van der Waals surface area contributed by atoms with E-state index < -0.39 is 25.9 Å². The zero-order valence-electron chi connectivity index (χ0n) is 11.4. The lowest BCUT2D eigenvalue weighted by atomic mass is 10.1. The summed E-state index contributed by atoms with van der Waals surface area (Å²) < 4.78 is 49.3. The number of hydrogen-bond acceptors (Lipinski definition) is 5. The van der Waals surface area contributed by atoms with Crippen molar-refractivity contribution in [3.8, 4) is 0 Å². The molecule has 0 radical (unpaired) electrons. The Bertz CT molecular complexity index is 810. The number of aromatic amines is 1. The molecular weight excluding hydrogens is 314 g/mol. The number of nitrogens with one attached hydrogen (secondary N) is 2. The van der Waals surface area contributed by atoms with E-state index in [1.54, 1.807) is 19.1 Å². The second-order valence-electron chi connectivity index (χ2n) is 4.61. The molecule has 0 saturated carbocycles. The van der Waals surface area contributed by atoms with Crippen molar-refractivity contribution >= 4 is 19.9 Å². The van der Waals surface area contributed by atoms with Gasteiger partial charge in [0, 0.05) is 12.3 Å². The van der Waals surface area contributed by atoms with E-state index >= 15 is 0 Å². The first-order valence-electron chi connectivity index (χ1n) is 6.02. The second kappa shape index (κ2) is 5.58. The van der Waals surface area contributed by atoms with Gasteiger partial charge in [0.2, 0.25) is 0 Å². The number of sulfone groups is 1. The van der Waals surface area contributed by atoms with E-state index in [1.807, 2.05) is 0 Å². The van der Waals surface area contributed by atoms with Gasteiger partial charge in [0.05, 0.1) is 11.1 Å². The van der Waals surface area contributed by atoms with Crippen molar-refractivity contribution in [1.82, 2.24) is 14.9 Å². The van der Waals surface area contributed by atoms with Crippen LogP contribution in [0, 0.1) is 0 Å². The Morgan fingerprint density at radius 3 is 2.19 bits per heavy atom. The highest BCUT2D eigenvalue weighted by Gasteiger charge is 2.19. The molecular formula is C12H15N3O4S2. The molecule has 0 fully saturated rings. The van der Waals surface area contributed by atoms with E-state index in [1.165, 1.54) is 24.4 Å². The van der Waals surface area contributed by atoms with Crippen LogP contribution in [0.1, 0.15) is 18.5 Å². The Kier molecular flexibility index (Phi) is 4.17. The molecule has 0 bridgehead atoms. The molecule has 2 aromatic rings. The lowest BCUT2D eigenvalue weighted by Gasteiger charge is -2.14. The lowest BCUT2D eigenvalue weighted by Crippen LogP contribution is -2.27. The normalized spacial score (nSPS) is 14.0. The van der Waals surface area contributed by atoms with Gasteiger partial charge in [-0.25, -0.2) is 21.6 Å². The highest BCUT2D eigenvalue weighted by atomic mass is 32.2. The molecule has 1 aromatic heterocycles. The third kappa shape index (κ3) is 3.69. The third-order valence-corrected chi connectivity index (χ3v) is 5.50. The maximum atomic E-state index is 12.0. The number of sulfonamides is 1. The minimum atomic E-state index is -3.69. The van der Waals surface area contributed by atoms with Crippen LogP contribution in [0.15, 0.2) is 46.5 Å². The van der Waals surface area contributed by atoms with Gasteiger partial charge in [0.25, 0.3) is 10.0 Å². The zero-order valence-corrected chi connectivity index (χ0v) is 13.1. The van der Waals surface area contributed by atoms with Crippen molar-refractivity contribution in [2.45, 2.75) is 22.9 Å². The van der Waals surface area contributed by atoms with Crippen LogP contribution in [-0.2, 0) is 19.9 Å². The van der Waals surface area contributed by atoms with Gasteiger partial charge in [-0.3, -0.25) is 5.10 Å². The average Bonchev–Trinajstić information content (AvgIpc) is 2.92. The molecule has 7 nitrogen and oxygen atoms in total. The predicted octanol–water partition coefficient (Wildman–Crippen LogP) is 0.853. The van der Waals surface area contributed by atoms with Crippen molar-refractivity contribution in [3.63, 3.8) is 0 Å². The fourth-order valence-corrected chi connectivity index (χ4v) is 3.53. The van der Waals surface area contributed by atoms with E-state index in [0.29, 0.717) is 5.56 Å². The Labute approximate surface area is 123 Å². The first kappa shape index (κ1) is 15.7. The zero-order chi connectivity index (χ0) is 15.7. The summed E-state index contributed by atoms with van der Waals surface area (Å²) in [7, 11) is -6.96. The van der Waals surface area contributed by atoms with Crippen molar-refractivity contribution in [3.05, 3.63) is 42.1 Å². The Balaban J connectivity index is 2.20. The highest BCUT2D eigenvalue weighted by Crippen LogP contribution is 2.18. The summed E-state index contributed by atoms with van der Waals surface area (Å²) in [6.07, 6.45) is 2.46. The molecule has 9 heteroatoms. The first-order chi connectivity index (χ1) is 9.70. The summed E-state index contributed by atoms with van der Waals surface area (Å²) in [5.74, 6) is 0. The number of benzene rings is 1. The van der Waals surface area contributed by atoms with Gasteiger partial charge in [0.15, 0.2) is 14.9 Å². The van der Waals surface area contributed by atoms with Gasteiger partial charge in [0.1, 0.15) is 0 Å². The van der Waals surface area contributed by atoms with Gasteiger partial charge >= 0.3 is 0 Å². The maximum absolute atomic E-state index is 12.0. The topological polar surface area (TPSA) is 109 Å². The lowest BCUT2D eigenvalue weighted by molar-refractivity contribution is 0.562. The van der Waals surface area contributed by atoms with Crippen LogP contribution >= 0.6 is 0 Å². The molecule has 114 valence electrons. The molecule has 1 unspecified atom stereocenters. The molecule has 0 aliphatic heterocycles. The highest BCUT2D eigenvalue weighted by molar-refractivity contribution is 7.90. The van der Waals surface area contributed by atoms with Crippen LogP contribution in [0.25, 0.3) is 0 Å². The quantitative estimate of drug-likeness (QED) is 0.845. The Morgan fingerprint density at radius 2 is 1.71 bits per heavy atom. The number of hydrogen-bond donors (Lipinski definition) is 2. The van der Waals surface area contributed by atoms with Crippen LogP contribution in [-0.4, -0.2) is 33.3 Å². The summed E-state index contributed by atoms with van der Waals surface area (Å²) in [5, 5.41) is 5.95. The molecule has 2 N–H and O–H groups in total. The van der Waals surface area contributed by atoms with E-state index in [0.717, 1.165) is 6.26 Å². The van der Waals surface area contributed by atoms with E-state index in [9.17, 15) is 16.8 Å². The van der Waals surface area contributed by atoms with Crippen molar-refractivity contribution in [2.24, 2.45) is 0 Å². The summed E-state index contributed by atoms with van der Waals surface area (Å²) in [5.41, 5.74) is 0.658. The van der Waals surface area contributed by atoms with E-state index in [2.05, 4.69) is 14.9 Å². The van der Waals surface area contributed by atoms with Gasteiger partial charge in [-0.05, 0) is 30.7 Å². The predicted molar refractivity (Wildman–Crippen MR) is 76.9 cm³/mol. The molecule has 21 heavy (non-hydrogen) atoms. The fraction of sp³-hybridized carbons (Fsp3) is 0.250. The van der Waals surface area contributed by atoms with Gasteiger partial charge in [-0.2, -0.15) is 5.10 Å². The molecule has 2 rings (SSSR count). The van der Waals surface area contributed by atoms with E-state index in [4.69, 9.17) is 0 Å². The standard InChI is InChI=1S/C12H15N3O4S2/c1-9(15-21(18,19)12-7-8-13-14-12)10-3-5-11(6-4-10)20(2,16)17/h3-9,15H,1-2H3,(H,13,14).